The highest BCUT2D eigenvalue weighted by Crippen LogP contribution is 2.27. The van der Waals surface area contributed by atoms with E-state index in [2.05, 4.69) is 28.2 Å². The molecule has 7 nitrogen and oxygen atoms in total. The number of ether oxygens (including phenoxy) is 3. The Labute approximate surface area is 189 Å². The number of pyridine rings is 1. The zero-order chi connectivity index (χ0) is 22.5. The van der Waals surface area contributed by atoms with Crippen molar-refractivity contribution in [2.24, 2.45) is 7.05 Å². The van der Waals surface area contributed by atoms with Crippen LogP contribution in [0.3, 0.4) is 0 Å². The second kappa shape index (κ2) is 10.3. The Morgan fingerprint density at radius 1 is 1.22 bits per heavy atom. The maximum atomic E-state index is 6.09. The molecule has 1 atom stereocenters. The van der Waals surface area contributed by atoms with Crippen LogP contribution in [0.25, 0.3) is 11.3 Å². The summed E-state index contributed by atoms with van der Waals surface area (Å²) in [7, 11) is 3.63. The van der Waals surface area contributed by atoms with E-state index < -0.39 is 0 Å². The van der Waals surface area contributed by atoms with E-state index in [1.165, 1.54) is 5.56 Å². The van der Waals surface area contributed by atoms with Crippen molar-refractivity contribution in [1.82, 2.24) is 19.7 Å². The van der Waals surface area contributed by atoms with Crippen LogP contribution in [0.4, 0.5) is 0 Å². The lowest BCUT2D eigenvalue weighted by Gasteiger charge is -2.33. The summed E-state index contributed by atoms with van der Waals surface area (Å²) in [6.07, 6.45) is 3.89. The number of hydrogen-bond acceptors (Lipinski definition) is 6. The summed E-state index contributed by atoms with van der Waals surface area (Å²) in [4.78, 5) is 7.28. The summed E-state index contributed by atoms with van der Waals surface area (Å²) in [5, 5.41) is 4.26. The zero-order valence-electron chi connectivity index (χ0n) is 19.3. The molecule has 7 heteroatoms. The van der Waals surface area contributed by atoms with Crippen LogP contribution < -0.4 is 4.74 Å². The number of nitrogens with zero attached hydrogens (tertiary/aromatic N) is 4. The third-order valence-corrected chi connectivity index (χ3v) is 5.45. The van der Waals surface area contributed by atoms with E-state index in [9.17, 15) is 0 Å². The van der Waals surface area contributed by atoms with Gasteiger partial charge in [-0.3, -0.25) is 9.58 Å². The number of aromatic nitrogens is 3. The maximum Gasteiger partial charge on any atom is 0.125 e. The fourth-order valence-corrected chi connectivity index (χ4v) is 4.00. The first-order valence-corrected chi connectivity index (χ1v) is 11.1. The molecule has 1 aliphatic rings. The van der Waals surface area contributed by atoms with E-state index in [0.717, 1.165) is 47.9 Å². The van der Waals surface area contributed by atoms with Crippen LogP contribution in [0.5, 0.6) is 5.75 Å². The van der Waals surface area contributed by atoms with Gasteiger partial charge in [0, 0.05) is 51.1 Å². The van der Waals surface area contributed by atoms with Crippen LogP contribution in [-0.2, 0) is 29.7 Å². The molecule has 1 fully saturated rings. The first kappa shape index (κ1) is 22.5. The Morgan fingerprint density at radius 2 is 2.09 bits per heavy atom. The molecule has 2 aromatic heterocycles. The highest BCUT2D eigenvalue weighted by molar-refractivity contribution is 5.57. The Hall–Kier alpha value is -2.74. The molecule has 0 N–H and O–H groups in total. The highest BCUT2D eigenvalue weighted by Gasteiger charge is 2.24. The van der Waals surface area contributed by atoms with Gasteiger partial charge in [-0.25, -0.2) is 4.98 Å². The molecule has 0 amide bonds. The van der Waals surface area contributed by atoms with Crippen molar-refractivity contribution in [3.63, 3.8) is 0 Å². The summed E-state index contributed by atoms with van der Waals surface area (Å²) in [5.41, 5.74) is 5.20. The summed E-state index contributed by atoms with van der Waals surface area (Å²) < 4.78 is 19.2. The van der Waals surface area contributed by atoms with Crippen molar-refractivity contribution in [2.45, 2.75) is 39.2 Å². The Balaban J connectivity index is 1.46. The average Bonchev–Trinajstić information content (AvgIpc) is 3.22. The first-order valence-electron chi connectivity index (χ1n) is 11.1. The second-order valence-corrected chi connectivity index (χ2v) is 8.49. The molecule has 0 bridgehead atoms. The zero-order valence-corrected chi connectivity index (χ0v) is 19.3. The van der Waals surface area contributed by atoms with Gasteiger partial charge in [-0.05, 0) is 43.7 Å². The van der Waals surface area contributed by atoms with Gasteiger partial charge in [0.15, 0.2) is 0 Å². The van der Waals surface area contributed by atoms with Crippen molar-refractivity contribution in [3.05, 3.63) is 65.6 Å². The van der Waals surface area contributed by atoms with Gasteiger partial charge in [0.05, 0.1) is 36.9 Å². The molecule has 3 heterocycles. The fraction of sp³-hybridized carbons (Fsp3) is 0.440. The van der Waals surface area contributed by atoms with Gasteiger partial charge < -0.3 is 14.2 Å². The lowest BCUT2D eigenvalue weighted by Crippen LogP contribution is -2.38. The minimum Gasteiger partial charge on any atom is -0.491 e. The second-order valence-electron chi connectivity index (χ2n) is 8.49. The van der Waals surface area contributed by atoms with E-state index in [1.54, 1.807) is 11.8 Å². The standard InChI is InChI=1S/C25H32N4O3/c1-18(2)32-24-9-8-19(12-20(24)17-30-4)14-29-10-11-31-25(16-29)23-7-5-6-22(27-23)21-13-26-28(3)15-21/h5-9,12-13,15,18,25H,10-11,14,16-17H2,1-4H3/t25-/m0/s1. The average molecular weight is 437 g/mol. The summed E-state index contributed by atoms with van der Waals surface area (Å²) in [6, 6.07) is 12.5. The van der Waals surface area contributed by atoms with Gasteiger partial charge in [-0.2, -0.15) is 5.10 Å². The molecule has 32 heavy (non-hydrogen) atoms. The predicted octanol–water partition coefficient (Wildman–Crippen LogP) is 3.99. The molecule has 0 radical (unpaired) electrons. The summed E-state index contributed by atoms with van der Waals surface area (Å²) in [6.45, 7) is 7.83. The van der Waals surface area contributed by atoms with Gasteiger partial charge >= 0.3 is 0 Å². The van der Waals surface area contributed by atoms with Gasteiger partial charge in [0.1, 0.15) is 11.9 Å². The third-order valence-electron chi connectivity index (χ3n) is 5.45. The van der Waals surface area contributed by atoms with Crippen molar-refractivity contribution >= 4 is 0 Å². The number of aryl methyl sites for hydroxylation is 1. The third kappa shape index (κ3) is 5.54. The molecular formula is C25H32N4O3. The number of rotatable bonds is 8. The molecule has 170 valence electrons. The van der Waals surface area contributed by atoms with E-state index in [4.69, 9.17) is 19.2 Å². The Kier molecular flexibility index (Phi) is 7.19. The lowest BCUT2D eigenvalue weighted by molar-refractivity contribution is -0.0349. The van der Waals surface area contributed by atoms with Gasteiger partial charge in [0.25, 0.3) is 0 Å². The fourth-order valence-electron chi connectivity index (χ4n) is 4.00. The van der Waals surface area contributed by atoms with Crippen LogP contribution in [-0.4, -0.2) is 52.6 Å². The molecular weight excluding hydrogens is 404 g/mol. The van der Waals surface area contributed by atoms with E-state index in [1.807, 2.05) is 51.5 Å². The van der Waals surface area contributed by atoms with E-state index >= 15 is 0 Å². The monoisotopic (exact) mass is 436 g/mol. The quantitative estimate of drug-likeness (QED) is 0.532. The van der Waals surface area contributed by atoms with E-state index in [0.29, 0.717) is 13.2 Å². The van der Waals surface area contributed by atoms with Crippen LogP contribution in [0.2, 0.25) is 0 Å². The smallest absolute Gasteiger partial charge is 0.125 e. The molecule has 4 rings (SSSR count). The maximum absolute atomic E-state index is 6.09. The van der Waals surface area contributed by atoms with Crippen molar-refractivity contribution < 1.29 is 14.2 Å². The van der Waals surface area contributed by atoms with Crippen LogP contribution in [0, 0.1) is 0 Å². The number of morpholine rings is 1. The van der Waals surface area contributed by atoms with Crippen molar-refractivity contribution in [1.29, 1.82) is 0 Å². The molecule has 0 aliphatic carbocycles. The van der Waals surface area contributed by atoms with Crippen LogP contribution in [0.1, 0.15) is 36.8 Å². The predicted molar refractivity (Wildman–Crippen MR) is 123 cm³/mol. The molecule has 0 spiro atoms. The van der Waals surface area contributed by atoms with Gasteiger partial charge in [-0.1, -0.05) is 12.1 Å². The molecule has 0 saturated carbocycles. The minimum absolute atomic E-state index is 0.0534. The molecule has 0 unspecified atom stereocenters. The Morgan fingerprint density at radius 3 is 2.84 bits per heavy atom. The van der Waals surface area contributed by atoms with Crippen LogP contribution in [0.15, 0.2) is 48.8 Å². The SMILES string of the molecule is COCc1cc(CN2CCO[C@H](c3cccc(-c4cnn(C)c4)n3)C2)ccc1OC(C)C. The minimum atomic E-state index is -0.0534. The number of methoxy groups -OCH3 is 1. The van der Waals surface area contributed by atoms with E-state index in [-0.39, 0.29) is 12.2 Å². The van der Waals surface area contributed by atoms with Crippen molar-refractivity contribution in [3.8, 4) is 17.0 Å². The summed E-state index contributed by atoms with van der Waals surface area (Å²) >= 11 is 0. The first-order chi connectivity index (χ1) is 15.5. The molecule has 3 aromatic rings. The van der Waals surface area contributed by atoms with Crippen molar-refractivity contribution in [2.75, 3.05) is 26.8 Å². The number of hydrogen-bond donors (Lipinski definition) is 0. The normalized spacial score (nSPS) is 17.1. The summed E-state index contributed by atoms with van der Waals surface area (Å²) in [5.74, 6) is 0.891. The molecule has 1 saturated heterocycles. The highest BCUT2D eigenvalue weighted by atomic mass is 16.5. The number of benzene rings is 1. The lowest BCUT2D eigenvalue weighted by atomic mass is 10.1. The van der Waals surface area contributed by atoms with Gasteiger partial charge in [0.2, 0.25) is 0 Å². The largest absolute Gasteiger partial charge is 0.491 e. The molecule has 1 aliphatic heterocycles. The van der Waals surface area contributed by atoms with Crippen LogP contribution >= 0.6 is 0 Å². The topological polar surface area (TPSA) is 61.6 Å². The van der Waals surface area contributed by atoms with Gasteiger partial charge in [-0.15, -0.1) is 0 Å². The Bertz CT molecular complexity index is 1030. The molecule has 1 aromatic carbocycles.